The Bertz CT molecular complexity index is 1430. The summed E-state index contributed by atoms with van der Waals surface area (Å²) in [6.45, 7) is -0.723. The first kappa shape index (κ1) is 28.8. The van der Waals surface area contributed by atoms with Gasteiger partial charge >= 0.3 is 0 Å². The molecule has 2 bridgehead atoms. The summed E-state index contributed by atoms with van der Waals surface area (Å²) in [5.41, 5.74) is 0.116. The SMILES string of the molecule is COc1ccc(C(=O)CN(C(=O)c2ccccc2Cl)N2C(=O)[C@@H]3[C@H](C2=O)[C@@]2(Cl)C(Cl)=C(Cl)[C@@]3(Cl)C2(Cl)Cl)cc1. The molecule has 5 rings (SSSR count). The van der Waals surface area contributed by atoms with Gasteiger partial charge in [-0.15, -0.1) is 23.2 Å². The quantitative estimate of drug-likeness (QED) is 0.213. The van der Waals surface area contributed by atoms with Crippen LogP contribution in [0.3, 0.4) is 0 Å². The van der Waals surface area contributed by atoms with Crippen LogP contribution >= 0.6 is 81.2 Å². The van der Waals surface area contributed by atoms with E-state index in [-0.39, 0.29) is 26.2 Å². The first-order valence-electron chi connectivity index (χ1n) is 11.2. The van der Waals surface area contributed by atoms with Gasteiger partial charge in [-0.1, -0.05) is 70.1 Å². The van der Waals surface area contributed by atoms with E-state index >= 15 is 0 Å². The summed E-state index contributed by atoms with van der Waals surface area (Å²) in [5, 5.41) is 0.684. The number of halogens is 7. The van der Waals surface area contributed by atoms with Crippen LogP contribution in [0.1, 0.15) is 20.7 Å². The maximum Gasteiger partial charge on any atom is 0.274 e. The first-order chi connectivity index (χ1) is 18.2. The summed E-state index contributed by atoms with van der Waals surface area (Å²) in [7, 11) is 1.46. The molecule has 0 spiro atoms. The Morgan fingerprint density at radius 2 is 1.38 bits per heavy atom. The molecule has 2 fully saturated rings. The number of Topliss-reactive ketones (excluding diaryl/α,β-unsaturated/α-hetero) is 1. The molecule has 0 N–H and O–H groups in total. The molecule has 2 aromatic carbocycles. The van der Waals surface area contributed by atoms with Gasteiger partial charge in [0.1, 0.15) is 22.0 Å². The fourth-order valence-corrected chi connectivity index (χ4v) is 8.38. The summed E-state index contributed by atoms with van der Waals surface area (Å²) in [4.78, 5) is 50.7. The molecule has 3 aliphatic rings. The monoisotopic (exact) mass is 668 g/mol. The van der Waals surface area contributed by atoms with Gasteiger partial charge in [-0.25, -0.2) is 5.01 Å². The number of hydrogen-bond acceptors (Lipinski definition) is 5. The highest BCUT2D eigenvalue weighted by Crippen LogP contribution is 2.77. The average Bonchev–Trinajstić information content (AvgIpc) is 3.30. The zero-order valence-electron chi connectivity index (χ0n) is 19.6. The molecule has 2 aliphatic carbocycles. The van der Waals surface area contributed by atoms with E-state index in [1.54, 1.807) is 18.2 Å². The predicted octanol–water partition coefficient (Wildman–Crippen LogP) is 6.04. The van der Waals surface area contributed by atoms with Crippen LogP contribution in [-0.2, 0) is 9.59 Å². The van der Waals surface area contributed by atoms with Gasteiger partial charge < -0.3 is 4.74 Å². The van der Waals surface area contributed by atoms with Crippen LogP contribution in [-0.4, -0.2) is 61.3 Å². The number of hydrazine groups is 1. The van der Waals surface area contributed by atoms with Gasteiger partial charge in [-0.3, -0.25) is 19.2 Å². The predicted molar refractivity (Wildman–Crippen MR) is 149 cm³/mol. The smallest absolute Gasteiger partial charge is 0.274 e. The second-order valence-corrected chi connectivity index (χ2v) is 12.7. The van der Waals surface area contributed by atoms with E-state index in [9.17, 15) is 19.2 Å². The molecule has 14 heteroatoms. The molecule has 2 aromatic rings. The number of imide groups is 1. The number of alkyl halides is 4. The van der Waals surface area contributed by atoms with Crippen molar-refractivity contribution in [1.29, 1.82) is 0 Å². The largest absolute Gasteiger partial charge is 0.497 e. The highest BCUT2D eigenvalue weighted by molar-refractivity contribution is 6.66. The Hall–Kier alpha value is -1.71. The zero-order chi connectivity index (χ0) is 28.7. The maximum absolute atomic E-state index is 13.9. The van der Waals surface area contributed by atoms with Crippen LogP contribution in [0.2, 0.25) is 5.02 Å². The van der Waals surface area contributed by atoms with Crippen molar-refractivity contribution < 1.29 is 23.9 Å². The van der Waals surface area contributed by atoms with Crippen molar-refractivity contribution >= 4 is 105 Å². The van der Waals surface area contributed by atoms with Gasteiger partial charge in [0, 0.05) is 5.56 Å². The summed E-state index contributed by atoms with van der Waals surface area (Å²) in [6, 6.07) is 12.0. The summed E-state index contributed by atoms with van der Waals surface area (Å²) in [6.07, 6.45) is 0. The Balaban J connectivity index is 1.59. The molecule has 3 amide bonds. The second kappa shape index (κ2) is 9.69. The highest BCUT2D eigenvalue weighted by Gasteiger charge is 2.88. The van der Waals surface area contributed by atoms with Crippen molar-refractivity contribution in [2.45, 2.75) is 14.1 Å². The number of methoxy groups -OCH3 is 1. The number of benzene rings is 2. The number of hydrogen-bond donors (Lipinski definition) is 0. The number of fused-ring (bicyclic) bond motifs is 5. The van der Waals surface area contributed by atoms with Crippen LogP contribution in [0.25, 0.3) is 0 Å². The Morgan fingerprint density at radius 3 is 1.87 bits per heavy atom. The lowest BCUT2D eigenvalue weighted by atomic mass is 9.84. The Kier molecular flexibility index (Phi) is 7.16. The van der Waals surface area contributed by atoms with Crippen LogP contribution in [0.5, 0.6) is 5.75 Å². The number of rotatable bonds is 6. The van der Waals surface area contributed by atoms with E-state index in [2.05, 4.69) is 0 Å². The van der Waals surface area contributed by atoms with Crippen LogP contribution in [0.4, 0.5) is 0 Å². The van der Waals surface area contributed by atoms with E-state index in [1.807, 2.05) is 0 Å². The molecule has 1 aliphatic heterocycles. The Morgan fingerprint density at radius 1 is 0.872 bits per heavy atom. The van der Waals surface area contributed by atoms with Crippen LogP contribution in [0, 0.1) is 11.8 Å². The fraction of sp³-hybridized carbons (Fsp3) is 0.280. The molecule has 0 aromatic heterocycles. The lowest BCUT2D eigenvalue weighted by Gasteiger charge is -2.36. The van der Waals surface area contributed by atoms with Crippen LogP contribution < -0.4 is 4.74 Å². The standard InChI is InChI=1S/C25H15Cl7N2O5/c1-39-12-8-6-11(7-9-12)15(35)10-33(20(36)13-4-2-3-5-14(13)26)34-21(37)16-17(22(34)38)24(30)19(28)18(27)23(16,29)25(24,31)32/h2-9,16-17H,10H2,1H3/t16-,17+,23-,24-/m1/s1. The lowest BCUT2D eigenvalue weighted by Crippen LogP contribution is -2.56. The first-order valence-corrected chi connectivity index (χ1v) is 13.8. The van der Waals surface area contributed by atoms with E-state index in [0.717, 1.165) is 0 Å². The van der Waals surface area contributed by atoms with Gasteiger partial charge in [-0.05, 0) is 36.4 Å². The maximum atomic E-state index is 13.9. The van der Waals surface area contributed by atoms with Crippen molar-refractivity contribution in [1.82, 2.24) is 10.0 Å². The molecule has 7 nitrogen and oxygen atoms in total. The molecular formula is C25H15Cl7N2O5. The number of ketones is 1. The molecule has 0 unspecified atom stereocenters. The van der Waals surface area contributed by atoms with Crippen LogP contribution in [0.15, 0.2) is 58.6 Å². The molecule has 204 valence electrons. The zero-order valence-corrected chi connectivity index (χ0v) is 24.9. The second-order valence-electron chi connectivity index (χ2n) is 9.06. The van der Waals surface area contributed by atoms with Crippen molar-refractivity contribution in [2.75, 3.05) is 13.7 Å². The minimum Gasteiger partial charge on any atom is -0.497 e. The molecule has 1 saturated carbocycles. The summed E-state index contributed by atoms with van der Waals surface area (Å²) in [5.74, 6) is -5.97. The number of allylic oxidation sites excluding steroid dienone is 2. The minimum absolute atomic E-state index is 0.0275. The highest BCUT2D eigenvalue weighted by atomic mass is 35.5. The minimum atomic E-state index is -2.15. The number of carbonyl (C=O) groups is 4. The van der Waals surface area contributed by atoms with E-state index in [1.165, 1.54) is 37.4 Å². The van der Waals surface area contributed by atoms with Gasteiger partial charge in [0.05, 0.1) is 39.6 Å². The van der Waals surface area contributed by atoms with E-state index in [0.29, 0.717) is 15.8 Å². The average molecular weight is 672 g/mol. The third-order valence-corrected chi connectivity index (χ3v) is 11.8. The Labute approximate surface area is 257 Å². The summed E-state index contributed by atoms with van der Waals surface area (Å²) < 4.78 is 2.96. The van der Waals surface area contributed by atoms with Gasteiger partial charge in [0.25, 0.3) is 17.7 Å². The summed E-state index contributed by atoms with van der Waals surface area (Å²) >= 11 is 45.6. The number of carbonyl (C=O) groups excluding carboxylic acids is 4. The van der Waals surface area contributed by atoms with Crippen molar-refractivity contribution in [3.63, 3.8) is 0 Å². The van der Waals surface area contributed by atoms with Gasteiger partial charge in [-0.2, -0.15) is 5.01 Å². The van der Waals surface area contributed by atoms with Gasteiger partial charge in [0.15, 0.2) is 10.1 Å². The van der Waals surface area contributed by atoms with Crippen molar-refractivity contribution in [2.24, 2.45) is 11.8 Å². The molecule has 0 radical (unpaired) electrons. The molecule has 1 saturated heterocycles. The molecule has 39 heavy (non-hydrogen) atoms. The lowest BCUT2D eigenvalue weighted by molar-refractivity contribution is -0.154. The van der Waals surface area contributed by atoms with E-state index < -0.39 is 56.0 Å². The van der Waals surface area contributed by atoms with Crippen molar-refractivity contribution in [3.8, 4) is 5.75 Å². The number of amides is 3. The van der Waals surface area contributed by atoms with E-state index in [4.69, 9.17) is 85.9 Å². The number of nitrogens with zero attached hydrogens (tertiary/aromatic N) is 2. The third kappa shape index (κ3) is 3.71. The van der Waals surface area contributed by atoms with Crippen molar-refractivity contribution in [3.05, 3.63) is 74.7 Å². The topological polar surface area (TPSA) is 84.0 Å². The normalized spacial score (nSPS) is 28.7. The molecular weight excluding hydrogens is 656 g/mol. The fourth-order valence-electron chi connectivity index (χ4n) is 5.23. The molecule has 1 heterocycles. The third-order valence-electron chi connectivity index (χ3n) is 7.17. The van der Waals surface area contributed by atoms with Gasteiger partial charge in [0.2, 0.25) is 0 Å². The molecule has 4 atom stereocenters. The number of ether oxygens (including phenoxy) is 1.